The summed E-state index contributed by atoms with van der Waals surface area (Å²) in [6, 6.07) is 80.6. The lowest BCUT2D eigenvalue weighted by molar-refractivity contribution is 0.770. The van der Waals surface area contributed by atoms with Crippen molar-refractivity contribution in [1.82, 2.24) is 15.0 Å². The zero-order valence-corrected chi connectivity index (χ0v) is 34.4. The van der Waals surface area contributed by atoms with Crippen molar-refractivity contribution in [3.8, 4) is 67.5 Å². The third-order valence-electron chi connectivity index (χ3n) is 12.4. The van der Waals surface area contributed by atoms with Gasteiger partial charge >= 0.3 is 0 Å². The van der Waals surface area contributed by atoms with Crippen LogP contribution in [0.1, 0.15) is 22.3 Å². The predicted octanol–water partition coefficient (Wildman–Crippen LogP) is 14.9. The highest BCUT2D eigenvalue weighted by atomic mass is 32.1. The highest BCUT2D eigenvalue weighted by Crippen LogP contribution is 2.56. The summed E-state index contributed by atoms with van der Waals surface area (Å²) in [5.41, 5.74) is 14.8. The fourth-order valence-electron chi connectivity index (χ4n) is 9.56. The quantitative estimate of drug-likeness (QED) is 0.161. The van der Waals surface area contributed by atoms with E-state index in [1.807, 2.05) is 35.6 Å². The monoisotopic (exact) mass is 807 g/mol. The number of nitrogens with zero attached hydrogens (tertiary/aromatic N) is 3. The maximum Gasteiger partial charge on any atom is 0.164 e. The van der Waals surface area contributed by atoms with Crippen LogP contribution >= 0.6 is 11.3 Å². The lowest BCUT2D eigenvalue weighted by Crippen LogP contribution is -2.28. The molecule has 0 saturated carbocycles. The molecule has 1 aliphatic carbocycles. The van der Waals surface area contributed by atoms with Crippen molar-refractivity contribution in [3.63, 3.8) is 0 Å². The van der Waals surface area contributed by atoms with Crippen LogP contribution in [0.2, 0.25) is 0 Å². The average molecular weight is 808 g/mol. The molecule has 11 aromatic rings. The number of fused-ring (bicyclic) bond motifs is 6. The summed E-state index contributed by atoms with van der Waals surface area (Å²) in [5, 5.41) is 2.55. The Morgan fingerprint density at radius 2 is 0.726 bits per heavy atom. The first-order valence-corrected chi connectivity index (χ1v) is 21.8. The smallest absolute Gasteiger partial charge is 0.164 e. The highest BCUT2D eigenvalue weighted by Gasteiger charge is 2.46. The molecule has 9 aromatic carbocycles. The number of hydrogen-bond donors (Lipinski definition) is 0. The van der Waals surface area contributed by atoms with Crippen molar-refractivity contribution in [1.29, 1.82) is 0 Å². The minimum atomic E-state index is -0.426. The molecule has 0 aliphatic heterocycles. The lowest BCUT2D eigenvalue weighted by atomic mass is 9.67. The molecule has 2 heterocycles. The minimum absolute atomic E-state index is 0.426. The Kier molecular flexibility index (Phi) is 8.58. The van der Waals surface area contributed by atoms with Crippen molar-refractivity contribution >= 4 is 31.5 Å². The minimum Gasteiger partial charge on any atom is -0.208 e. The van der Waals surface area contributed by atoms with Crippen LogP contribution < -0.4 is 0 Å². The van der Waals surface area contributed by atoms with Gasteiger partial charge in [0.1, 0.15) is 0 Å². The Labute approximate surface area is 364 Å². The molecule has 62 heavy (non-hydrogen) atoms. The maximum atomic E-state index is 5.12. The molecule has 3 nitrogen and oxygen atoms in total. The van der Waals surface area contributed by atoms with Crippen molar-refractivity contribution in [2.75, 3.05) is 0 Å². The molecule has 4 heteroatoms. The highest BCUT2D eigenvalue weighted by molar-refractivity contribution is 7.25. The van der Waals surface area contributed by atoms with Crippen molar-refractivity contribution < 1.29 is 0 Å². The van der Waals surface area contributed by atoms with Gasteiger partial charge in [0.05, 0.1) is 5.41 Å². The van der Waals surface area contributed by atoms with Gasteiger partial charge in [-0.25, -0.2) is 15.0 Å². The largest absolute Gasteiger partial charge is 0.208 e. The van der Waals surface area contributed by atoms with E-state index in [9.17, 15) is 0 Å². The first-order chi connectivity index (χ1) is 30.7. The Balaban J connectivity index is 0.953. The molecule has 2 aromatic heterocycles. The Hall–Kier alpha value is -7.79. The normalized spacial score (nSPS) is 12.6. The van der Waals surface area contributed by atoms with E-state index in [1.54, 1.807) is 0 Å². The molecule has 12 rings (SSSR count). The predicted molar refractivity (Wildman–Crippen MR) is 257 cm³/mol. The van der Waals surface area contributed by atoms with Crippen LogP contribution in [0, 0.1) is 0 Å². The summed E-state index contributed by atoms with van der Waals surface area (Å²) in [5.74, 6) is 1.92. The summed E-state index contributed by atoms with van der Waals surface area (Å²) >= 11 is 1.87. The standard InChI is InChI=1S/C58H37N3S/c1-4-16-38(17-5-1)40-20-14-22-43(34-40)56-59-55(39-18-6-2-7-19-39)60-57(61-56)44-23-15-21-41(35-44)42-30-32-49-50-33-31-46(37-54(50)62-53(49)36-42)58(45-24-8-3-9-25-45)51-28-12-10-26-47(51)48-27-11-13-29-52(48)58/h1-37H. The fraction of sp³-hybridized carbons (Fsp3) is 0.0172. The molecular formula is C58H37N3S. The summed E-state index contributed by atoms with van der Waals surface area (Å²) in [6.07, 6.45) is 0. The zero-order chi connectivity index (χ0) is 41.0. The van der Waals surface area contributed by atoms with E-state index in [1.165, 1.54) is 53.6 Å². The van der Waals surface area contributed by atoms with E-state index < -0.39 is 5.41 Å². The number of aromatic nitrogens is 3. The Bertz CT molecular complexity index is 3420. The van der Waals surface area contributed by atoms with Crippen LogP contribution in [-0.4, -0.2) is 15.0 Å². The summed E-state index contributed by atoms with van der Waals surface area (Å²) in [6.45, 7) is 0. The third kappa shape index (κ3) is 5.91. The van der Waals surface area contributed by atoms with Crippen LogP contribution in [0.25, 0.3) is 87.7 Å². The molecule has 0 amide bonds. The molecule has 0 spiro atoms. The van der Waals surface area contributed by atoms with Crippen LogP contribution in [-0.2, 0) is 5.41 Å². The van der Waals surface area contributed by atoms with Crippen LogP contribution in [0.3, 0.4) is 0 Å². The molecule has 0 bridgehead atoms. The second-order valence-electron chi connectivity index (χ2n) is 15.9. The van der Waals surface area contributed by atoms with Crippen LogP contribution in [0.15, 0.2) is 224 Å². The fourth-order valence-corrected chi connectivity index (χ4v) is 10.7. The molecule has 290 valence electrons. The van der Waals surface area contributed by atoms with Gasteiger partial charge in [-0.3, -0.25) is 0 Å². The average Bonchev–Trinajstić information content (AvgIpc) is 3.88. The first-order valence-electron chi connectivity index (χ1n) is 21.0. The van der Waals surface area contributed by atoms with E-state index >= 15 is 0 Å². The summed E-state index contributed by atoms with van der Waals surface area (Å²) < 4.78 is 2.54. The van der Waals surface area contributed by atoms with Gasteiger partial charge in [0.25, 0.3) is 0 Å². The van der Waals surface area contributed by atoms with Gasteiger partial charge in [-0.2, -0.15) is 0 Å². The second-order valence-corrected chi connectivity index (χ2v) is 17.0. The van der Waals surface area contributed by atoms with Gasteiger partial charge in [0.15, 0.2) is 17.5 Å². The first kappa shape index (κ1) is 36.1. The number of rotatable bonds is 7. The number of thiophene rings is 1. The van der Waals surface area contributed by atoms with E-state index in [4.69, 9.17) is 15.0 Å². The molecule has 0 unspecified atom stereocenters. The zero-order valence-electron chi connectivity index (χ0n) is 33.6. The van der Waals surface area contributed by atoms with E-state index in [-0.39, 0.29) is 0 Å². The van der Waals surface area contributed by atoms with Gasteiger partial charge in [-0.15, -0.1) is 11.3 Å². The molecule has 0 N–H and O–H groups in total. The van der Waals surface area contributed by atoms with E-state index in [0.29, 0.717) is 17.5 Å². The summed E-state index contributed by atoms with van der Waals surface area (Å²) in [7, 11) is 0. The topological polar surface area (TPSA) is 38.7 Å². The van der Waals surface area contributed by atoms with Crippen molar-refractivity contribution in [3.05, 3.63) is 247 Å². The molecule has 0 saturated heterocycles. The molecule has 0 fully saturated rings. The van der Waals surface area contributed by atoms with Crippen molar-refractivity contribution in [2.45, 2.75) is 5.41 Å². The van der Waals surface area contributed by atoms with Gasteiger partial charge in [0.2, 0.25) is 0 Å². The van der Waals surface area contributed by atoms with Crippen LogP contribution in [0.5, 0.6) is 0 Å². The maximum absolute atomic E-state index is 5.12. The third-order valence-corrected chi connectivity index (χ3v) is 13.5. The SMILES string of the molecule is c1ccc(-c2cccc(-c3nc(-c4ccccc4)nc(-c4cccc(-c5ccc6c(c5)sc5cc(C7(c8ccccc8)c8ccccc8-c8ccccc87)ccc56)c4)n3)c2)cc1. The molecular weight excluding hydrogens is 771 g/mol. The van der Waals surface area contributed by atoms with Gasteiger partial charge in [0, 0.05) is 36.9 Å². The van der Waals surface area contributed by atoms with Crippen LogP contribution in [0.4, 0.5) is 0 Å². The van der Waals surface area contributed by atoms with Crippen molar-refractivity contribution in [2.24, 2.45) is 0 Å². The Morgan fingerprint density at radius 1 is 0.290 bits per heavy atom. The number of benzene rings is 9. The van der Waals surface area contributed by atoms with Gasteiger partial charge in [-0.1, -0.05) is 200 Å². The van der Waals surface area contributed by atoms with E-state index in [0.717, 1.165) is 38.9 Å². The number of hydrogen-bond acceptors (Lipinski definition) is 4. The van der Waals surface area contributed by atoms with Gasteiger partial charge in [-0.05, 0) is 79.9 Å². The van der Waals surface area contributed by atoms with Gasteiger partial charge < -0.3 is 0 Å². The second kappa shape index (κ2) is 14.7. The molecule has 0 atom stereocenters. The lowest BCUT2D eigenvalue weighted by Gasteiger charge is -2.33. The van der Waals surface area contributed by atoms with E-state index in [2.05, 4.69) is 200 Å². The molecule has 0 radical (unpaired) electrons. The molecule has 1 aliphatic rings. The summed E-state index contributed by atoms with van der Waals surface area (Å²) in [4.78, 5) is 15.2. The Morgan fingerprint density at radius 3 is 1.34 bits per heavy atom.